The molecule has 1 saturated heterocycles. The molecule has 1 heterocycles. The first kappa shape index (κ1) is 19.2. The van der Waals surface area contributed by atoms with E-state index in [1.54, 1.807) is 18.9 Å². The highest BCUT2D eigenvalue weighted by molar-refractivity contribution is 5.85. The van der Waals surface area contributed by atoms with E-state index in [0.717, 1.165) is 32.4 Å². The number of halogens is 1. The van der Waals surface area contributed by atoms with E-state index in [1.807, 2.05) is 0 Å². The molecule has 0 spiro atoms. The third kappa shape index (κ3) is 6.57. The van der Waals surface area contributed by atoms with Crippen LogP contribution in [0.4, 0.5) is 0 Å². The Labute approximate surface area is 127 Å². The molecule has 5 nitrogen and oxygen atoms in total. The molecule has 0 radical (unpaired) electrons. The molecule has 0 aliphatic carbocycles. The Bertz CT molecular complexity index is 307. The number of ether oxygens (including phenoxy) is 1. The Kier molecular flexibility index (Phi) is 9.59. The monoisotopic (exact) mass is 306 g/mol. The van der Waals surface area contributed by atoms with Gasteiger partial charge in [-0.15, -0.1) is 12.4 Å². The van der Waals surface area contributed by atoms with Gasteiger partial charge in [0.2, 0.25) is 5.91 Å². The summed E-state index contributed by atoms with van der Waals surface area (Å²) in [5.41, 5.74) is 0. The smallest absolute Gasteiger partial charge is 0.310 e. The molecule has 0 saturated carbocycles. The summed E-state index contributed by atoms with van der Waals surface area (Å²) < 4.78 is 4.66. The summed E-state index contributed by atoms with van der Waals surface area (Å²) >= 11 is 0. The van der Waals surface area contributed by atoms with Crippen molar-refractivity contribution in [2.45, 2.75) is 32.6 Å². The van der Waals surface area contributed by atoms with Crippen LogP contribution in [-0.4, -0.2) is 50.6 Å². The number of carbonyl (C=O) groups is 2. The van der Waals surface area contributed by atoms with Crippen LogP contribution in [0.3, 0.4) is 0 Å². The normalized spacial score (nSPS) is 16.9. The Balaban J connectivity index is 0.00000361. The first-order chi connectivity index (χ1) is 9.04. The summed E-state index contributed by atoms with van der Waals surface area (Å²) in [6, 6.07) is 0. The Morgan fingerprint density at radius 1 is 1.35 bits per heavy atom. The molecular weight excluding hydrogens is 280 g/mol. The third-order valence-corrected chi connectivity index (χ3v) is 3.80. The summed E-state index contributed by atoms with van der Waals surface area (Å²) in [4.78, 5) is 24.9. The number of methoxy groups -OCH3 is 1. The summed E-state index contributed by atoms with van der Waals surface area (Å²) in [6.07, 6.45) is 3.86. The average Bonchev–Trinajstić information content (AvgIpc) is 2.44. The minimum absolute atomic E-state index is 0. The molecule has 0 aromatic rings. The molecule has 20 heavy (non-hydrogen) atoms. The molecule has 0 aromatic carbocycles. The van der Waals surface area contributed by atoms with Crippen molar-refractivity contribution in [2.75, 3.05) is 33.8 Å². The lowest BCUT2D eigenvalue weighted by atomic mass is 9.93. The molecule has 118 valence electrons. The van der Waals surface area contributed by atoms with Gasteiger partial charge in [-0.1, -0.05) is 6.92 Å². The molecule has 1 aliphatic rings. The quantitative estimate of drug-likeness (QED) is 0.755. The van der Waals surface area contributed by atoms with Crippen LogP contribution in [0.1, 0.15) is 32.6 Å². The van der Waals surface area contributed by atoms with Crippen LogP contribution >= 0.6 is 12.4 Å². The highest BCUT2D eigenvalue weighted by Gasteiger charge is 2.20. The fraction of sp³-hybridized carbons (Fsp3) is 0.857. The Morgan fingerprint density at radius 3 is 2.50 bits per heavy atom. The van der Waals surface area contributed by atoms with Gasteiger partial charge < -0.3 is 15.0 Å². The third-order valence-electron chi connectivity index (χ3n) is 3.80. The van der Waals surface area contributed by atoms with Crippen LogP contribution in [0.2, 0.25) is 0 Å². The minimum Gasteiger partial charge on any atom is -0.469 e. The number of nitrogens with one attached hydrogen (secondary N) is 1. The first-order valence-corrected chi connectivity index (χ1v) is 7.07. The molecule has 1 fully saturated rings. The zero-order chi connectivity index (χ0) is 14.3. The topological polar surface area (TPSA) is 58.6 Å². The van der Waals surface area contributed by atoms with Gasteiger partial charge in [-0.2, -0.15) is 0 Å². The fourth-order valence-corrected chi connectivity index (χ4v) is 2.48. The van der Waals surface area contributed by atoms with Crippen molar-refractivity contribution in [3.05, 3.63) is 0 Å². The molecule has 1 aliphatic heterocycles. The Morgan fingerprint density at radius 2 is 1.95 bits per heavy atom. The number of hydrogen-bond donors (Lipinski definition) is 1. The SMILES string of the molecule is COC(=O)C(C)CN(C)C(=O)CCC1CCNCC1.Cl. The maximum absolute atomic E-state index is 12.0. The van der Waals surface area contributed by atoms with Crippen LogP contribution in [0.5, 0.6) is 0 Å². The van der Waals surface area contributed by atoms with Gasteiger partial charge in [-0.05, 0) is 38.3 Å². The minimum atomic E-state index is -0.266. The average molecular weight is 307 g/mol. The second-order valence-electron chi connectivity index (χ2n) is 5.43. The maximum Gasteiger partial charge on any atom is 0.310 e. The van der Waals surface area contributed by atoms with Crippen molar-refractivity contribution in [2.24, 2.45) is 11.8 Å². The summed E-state index contributed by atoms with van der Waals surface area (Å²) in [5.74, 6) is 0.252. The van der Waals surface area contributed by atoms with Gasteiger partial charge in [0, 0.05) is 20.0 Å². The van der Waals surface area contributed by atoms with E-state index in [1.165, 1.54) is 7.11 Å². The zero-order valence-corrected chi connectivity index (χ0v) is 13.5. The number of rotatable bonds is 6. The van der Waals surface area contributed by atoms with Crippen molar-refractivity contribution in [3.63, 3.8) is 0 Å². The summed E-state index contributed by atoms with van der Waals surface area (Å²) in [7, 11) is 3.13. The molecule has 6 heteroatoms. The molecule has 0 aromatic heterocycles. The maximum atomic E-state index is 12.0. The van der Waals surface area contributed by atoms with E-state index in [-0.39, 0.29) is 30.2 Å². The van der Waals surface area contributed by atoms with Crippen LogP contribution < -0.4 is 5.32 Å². The zero-order valence-electron chi connectivity index (χ0n) is 12.7. The van der Waals surface area contributed by atoms with Gasteiger partial charge in [-0.3, -0.25) is 9.59 Å². The lowest BCUT2D eigenvalue weighted by Gasteiger charge is -2.24. The lowest BCUT2D eigenvalue weighted by Crippen LogP contribution is -2.34. The molecule has 1 amide bonds. The largest absolute Gasteiger partial charge is 0.469 e. The molecule has 1 N–H and O–H groups in total. The predicted octanol–water partition coefficient (Wildman–Crippen LogP) is 1.46. The van der Waals surface area contributed by atoms with Crippen LogP contribution in [0.25, 0.3) is 0 Å². The first-order valence-electron chi connectivity index (χ1n) is 7.07. The highest BCUT2D eigenvalue weighted by Crippen LogP contribution is 2.18. The van der Waals surface area contributed by atoms with E-state index in [9.17, 15) is 9.59 Å². The molecule has 1 rings (SSSR count). The number of amides is 1. The second-order valence-corrected chi connectivity index (χ2v) is 5.43. The van der Waals surface area contributed by atoms with E-state index in [0.29, 0.717) is 18.9 Å². The molecule has 1 unspecified atom stereocenters. The van der Waals surface area contributed by atoms with Gasteiger partial charge in [0.25, 0.3) is 0 Å². The number of carbonyl (C=O) groups excluding carboxylic acids is 2. The van der Waals surface area contributed by atoms with Gasteiger partial charge >= 0.3 is 5.97 Å². The van der Waals surface area contributed by atoms with Crippen LogP contribution in [0, 0.1) is 11.8 Å². The van der Waals surface area contributed by atoms with Crippen molar-refractivity contribution in [1.29, 1.82) is 0 Å². The van der Waals surface area contributed by atoms with E-state index < -0.39 is 0 Å². The molecular formula is C14H27ClN2O3. The Hall–Kier alpha value is -0.810. The molecule has 0 bridgehead atoms. The predicted molar refractivity (Wildman–Crippen MR) is 80.9 cm³/mol. The van der Waals surface area contributed by atoms with Gasteiger partial charge in [0.15, 0.2) is 0 Å². The van der Waals surface area contributed by atoms with E-state index in [2.05, 4.69) is 10.1 Å². The van der Waals surface area contributed by atoms with Crippen LogP contribution in [-0.2, 0) is 14.3 Å². The number of hydrogen-bond acceptors (Lipinski definition) is 4. The highest BCUT2D eigenvalue weighted by atomic mass is 35.5. The van der Waals surface area contributed by atoms with Crippen molar-refractivity contribution in [3.8, 4) is 0 Å². The molecule has 1 atom stereocenters. The van der Waals surface area contributed by atoms with Crippen molar-refractivity contribution in [1.82, 2.24) is 10.2 Å². The number of nitrogens with zero attached hydrogens (tertiary/aromatic N) is 1. The van der Waals surface area contributed by atoms with Crippen molar-refractivity contribution >= 4 is 24.3 Å². The van der Waals surface area contributed by atoms with Gasteiger partial charge in [0.05, 0.1) is 13.0 Å². The van der Waals surface area contributed by atoms with E-state index in [4.69, 9.17) is 0 Å². The summed E-state index contributed by atoms with van der Waals surface area (Å²) in [6.45, 7) is 4.34. The van der Waals surface area contributed by atoms with Crippen LogP contribution in [0.15, 0.2) is 0 Å². The lowest BCUT2D eigenvalue weighted by molar-refractivity contribution is -0.146. The standard InChI is InChI=1S/C14H26N2O3.ClH/c1-11(14(18)19-3)10-16(2)13(17)5-4-12-6-8-15-9-7-12;/h11-12,15H,4-10H2,1-3H3;1H. The fourth-order valence-electron chi connectivity index (χ4n) is 2.48. The number of piperidine rings is 1. The van der Waals surface area contributed by atoms with Gasteiger partial charge in [0.1, 0.15) is 0 Å². The number of esters is 1. The second kappa shape index (κ2) is 10.00. The summed E-state index contributed by atoms with van der Waals surface area (Å²) in [5, 5.41) is 3.32. The van der Waals surface area contributed by atoms with Gasteiger partial charge in [-0.25, -0.2) is 0 Å². The van der Waals surface area contributed by atoms with Crippen molar-refractivity contribution < 1.29 is 14.3 Å². The van der Waals surface area contributed by atoms with E-state index >= 15 is 0 Å².